The first-order valence-electron chi connectivity index (χ1n) is 10.3. The normalized spacial score (nSPS) is 26.9. The molecule has 7 heteroatoms. The van der Waals surface area contributed by atoms with E-state index in [4.69, 9.17) is 0 Å². The number of nitrogens with one attached hydrogen (secondary N) is 2. The van der Waals surface area contributed by atoms with Gasteiger partial charge in [-0.1, -0.05) is 31.7 Å². The highest BCUT2D eigenvalue weighted by Crippen LogP contribution is 2.34. The molecule has 1 unspecified atom stereocenters. The lowest BCUT2D eigenvalue weighted by Crippen LogP contribution is -3.15. The summed E-state index contributed by atoms with van der Waals surface area (Å²) < 4.78 is 0. The van der Waals surface area contributed by atoms with Crippen LogP contribution in [-0.2, 0) is 11.2 Å². The highest BCUT2D eigenvalue weighted by molar-refractivity contribution is 7.10. The maximum Gasteiger partial charge on any atom is 0.329 e. The Labute approximate surface area is 173 Å². The van der Waals surface area contributed by atoms with Crippen molar-refractivity contribution in [2.45, 2.75) is 56.5 Å². The Bertz CT molecular complexity index is 868. The molecule has 2 aromatic heterocycles. The number of fused-ring (bicyclic) bond motifs is 1. The van der Waals surface area contributed by atoms with Gasteiger partial charge in [0.2, 0.25) is 0 Å². The second kappa shape index (κ2) is 7.28. The lowest BCUT2D eigenvalue weighted by atomic mass is 9.90. The van der Waals surface area contributed by atoms with Gasteiger partial charge >= 0.3 is 6.03 Å². The van der Waals surface area contributed by atoms with Crippen LogP contribution in [-0.4, -0.2) is 35.6 Å². The van der Waals surface area contributed by atoms with Crippen LogP contribution in [0.3, 0.4) is 0 Å². The molecule has 28 heavy (non-hydrogen) atoms. The molecule has 0 bridgehead atoms. The van der Waals surface area contributed by atoms with Crippen molar-refractivity contribution in [3.63, 3.8) is 0 Å². The second-order valence-electron chi connectivity index (χ2n) is 8.22. The highest BCUT2D eigenvalue weighted by atomic mass is 32.1. The molecule has 1 spiro atoms. The lowest BCUT2D eigenvalue weighted by molar-refractivity contribution is -0.934. The van der Waals surface area contributed by atoms with Crippen LogP contribution in [0.25, 0.3) is 0 Å². The number of hydrogen-bond acceptors (Lipinski definition) is 4. The van der Waals surface area contributed by atoms with E-state index >= 15 is 0 Å². The fraction of sp³-hybridized carbons (Fsp3) is 0.524. The van der Waals surface area contributed by atoms with Gasteiger partial charge in [0.25, 0.3) is 5.91 Å². The van der Waals surface area contributed by atoms with Crippen molar-refractivity contribution in [2.24, 2.45) is 0 Å². The molecular formula is C21H26N3O2S2+. The van der Waals surface area contributed by atoms with Crippen LogP contribution in [0.2, 0.25) is 0 Å². The third-order valence-electron chi connectivity index (χ3n) is 6.56. The molecule has 0 aromatic carbocycles. The predicted octanol–water partition coefficient (Wildman–Crippen LogP) is 2.94. The Morgan fingerprint density at radius 3 is 2.68 bits per heavy atom. The fourth-order valence-electron chi connectivity index (χ4n) is 5.12. The van der Waals surface area contributed by atoms with Crippen molar-refractivity contribution in [1.29, 1.82) is 0 Å². The molecule has 3 aliphatic rings. The Hall–Kier alpha value is -1.70. The SMILES string of the molecule is O=C1NC2(CCCCCC2)C(=O)N1C[NH+]1CCc2sccc2[C@@H]1c1cccs1. The van der Waals surface area contributed by atoms with Crippen LogP contribution in [0.15, 0.2) is 29.0 Å². The average molecular weight is 417 g/mol. The van der Waals surface area contributed by atoms with E-state index in [0.29, 0.717) is 6.67 Å². The first-order valence-corrected chi connectivity index (χ1v) is 12.0. The monoisotopic (exact) mass is 416 g/mol. The van der Waals surface area contributed by atoms with E-state index in [9.17, 15) is 9.59 Å². The number of carbonyl (C=O) groups is 2. The van der Waals surface area contributed by atoms with E-state index in [1.807, 2.05) is 11.3 Å². The molecule has 3 amide bonds. The maximum atomic E-state index is 13.3. The van der Waals surface area contributed by atoms with E-state index in [-0.39, 0.29) is 18.0 Å². The van der Waals surface area contributed by atoms with Crippen molar-refractivity contribution in [1.82, 2.24) is 10.2 Å². The van der Waals surface area contributed by atoms with E-state index in [2.05, 4.69) is 34.3 Å². The Morgan fingerprint density at radius 1 is 1.11 bits per heavy atom. The van der Waals surface area contributed by atoms with Gasteiger partial charge in [0, 0.05) is 16.9 Å². The average Bonchev–Trinajstić information content (AvgIpc) is 3.38. The number of nitrogens with zero attached hydrogens (tertiary/aromatic N) is 1. The van der Waals surface area contributed by atoms with Crippen molar-refractivity contribution < 1.29 is 14.5 Å². The molecular weight excluding hydrogens is 390 g/mol. The predicted molar refractivity (Wildman–Crippen MR) is 111 cm³/mol. The second-order valence-corrected chi connectivity index (χ2v) is 10.2. The summed E-state index contributed by atoms with van der Waals surface area (Å²) in [6.07, 6.45) is 6.93. The number of quaternary nitrogens is 1. The maximum absolute atomic E-state index is 13.3. The van der Waals surface area contributed by atoms with Crippen LogP contribution >= 0.6 is 22.7 Å². The number of urea groups is 1. The molecule has 1 saturated heterocycles. The summed E-state index contributed by atoms with van der Waals surface area (Å²) in [5, 5.41) is 7.37. The largest absolute Gasteiger partial charge is 0.329 e. The minimum Gasteiger partial charge on any atom is -0.323 e. The molecule has 1 saturated carbocycles. The fourth-order valence-corrected chi connectivity index (χ4v) is 6.95. The zero-order valence-electron chi connectivity index (χ0n) is 15.9. The van der Waals surface area contributed by atoms with Gasteiger partial charge in [-0.2, -0.15) is 0 Å². The van der Waals surface area contributed by atoms with Crippen LogP contribution in [0.4, 0.5) is 4.79 Å². The summed E-state index contributed by atoms with van der Waals surface area (Å²) >= 11 is 3.59. The molecule has 4 heterocycles. The third-order valence-corrected chi connectivity index (χ3v) is 8.50. The number of thiophene rings is 2. The first kappa shape index (κ1) is 18.3. The molecule has 2 fully saturated rings. The van der Waals surface area contributed by atoms with Gasteiger partial charge in [0.1, 0.15) is 5.54 Å². The van der Waals surface area contributed by atoms with Crippen LogP contribution in [0.1, 0.15) is 59.9 Å². The summed E-state index contributed by atoms with van der Waals surface area (Å²) in [7, 11) is 0. The van der Waals surface area contributed by atoms with Crippen molar-refractivity contribution in [2.75, 3.05) is 13.2 Å². The number of carbonyl (C=O) groups excluding carboxylic acids is 2. The topological polar surface area (TPSA) is 53.9 Å². The Kier molecular flexibility index (Phi) is 4.77. The summed E-state index contributed by atoms with van der Waals surface area (Å²) in [5.41, 5.74) is 0.722. The molecule has 2 atom stereocenters. The third kappa shape index (κ3) is 3.00. The quantitative estimate of drug-likeness (QED) is 0.756. The smallest absolute Gasteiger partial charge is 0.323 e. The number of imide groups is 1. The molecule has 1 aliphatic carbocycles. The number of amides is 3. The molecule has 2 aromatic rings. The van der Waals surface area contributed by atoms with Gasteiger partial charge in [-0.15, -0.1) is 22.7 Å². The van der Waals surface area contributed by atoms with Gasteiger partial charge in [0.15, 0.2) is 12.7 Å². The van der Waals surface area contributed by atoms with E-state index < -0.39 is 5.54 Å². The molecule has 5 nitrogen and oxygen atoms in total. The standard InChI is InChI=1S/C21H25N3O2S2/c25-19-21(9-3-1-2-4-10-21)22-20(26)24(19)14-23-11-7-16-15(8-13-28-16)18(23)17-6-5-12-27-17/h5-6,8,12-13,18H,1-4,7,9-11,14H2,(H,22,26)/p+1/t18-/m1/s1. The first-order chi connectivity index (χ1) is 13.7. The van der Waals surface area contributed by atoms with E-state index in [1.54, 1.807) is 11.3 Å². The van der Waals surface area contributed by atoms with Gasteiger partial charge in [-0.25, -0.2) is 9.69 Å². The van der Waals surface area contributed by atoms with E-state index in [1.165, 1.54) is 25.1 Å². The number of hydrogen-bond donors (Lipinski definition) is 2. The molecule has 0 radical (unpaired) electrons. The zero-order valence-corrected chi connectivity index (χ0v) is 17.5. The van der Waals surface area contributed by atoms with Crippen LogP contribution in [0.5, 0.6) is 0 Å². The molecule has 2 N–H and O–H groups in total. The Morgan fingerprint density at radius 2 is 1.93 bits per heavy atom. The summed E-state index contributed by atoms with van der Waals surface area (Å²) in [4.78, 5) is 31.7. The van der Waals surface area contributed by atoms with Gasteiger partial charge in [0.05, 0.1) is 11.4 Å². The number of rotatable bonds is 3. The summed E-state index contributed by atoms with van der Waals surface area (Å²) in [6, 6.07) is 6.51. The van der Waals surface area contributed by atoms with Gasteiger partial charge in [-0.3, -0.25) is 4.79 Å². The van der Waals surface area contributed by atoms with E-state index in [0.717, 1.165) is 51.5 Å². The van der Waals surface area contributed by atoms with Crippen molar-refractivity contribution in [3.05, 3.63) is 44.3 Å². The van der Waals surface area contributed by atoms with Crippen molar-refractivity contribution >= 4 is 34.6 Å². The van der Waals surface area contributed by atoms with Crippen molar-refractivity contribution in [3.8, 4) is 0 Å². The Balaban J connectivity index is 1.42. The minimum absolute atomic E-state index is 0.00736. The molecule has 5 rings (SSSR count). The lowest BCUT2D eigenvalue weighted by Gasteiger charge is -2.34. The molecule has 148 valence electrons. The summed E-state index contributed by atoms with van der Waals surface area (Å²) in [6.45, 7) is 1.39. The minimum atomic E-state index is -0.644. The van der Waals surface area contributed by atoms with Crippen LogP contribution < -0.4 is 10.2 Å². The molecule has 2 aliphatic heterocycles. The van der Waals surface area contributed by atoms with Crippen LogP contribution in [0, 0.1) is 0 Å². The van der Waals surface area contributed by atoms with Gasteiger partial charge < -0.3 is 10.2 Å². The summed E-state index contributed by atoms with van der Waals surface area (Å²) in [5.74, 6) is 0.00736. The zero-order chi connectivity index (χ0) is 19.1. The highest BCUT2D eigenvalue weighted by Gasteiger charge is 2.52. The van der Waals surface area contributed by atoms with Gasteiger partial charge in [-0.05, 0) is 35.7 Å².